The quantitative estimate of drug-likeness (QED) is 0.438. The number of aromatic hydroxyl groups is 1. The average molecular weight is 500 g/mol. The van der Waals surface area contributed by atoms with Crippen LogP contribution in [0.5, 0.6) is 11.6 Å². The second-order valence-electron chi connectivity index (χ2n) is 8.82. The number of benzene rings is 1. The van der Waals surface area contributed by atoms with Gasteiger partial charge in [-0.1, -0.05) is 6.07 Å². The maximum atomic E-state index is 12.9. The van der Waals surface area contributed by atoms with Crippen molar-refractivity contribution in [1.29, 1.82) is 0 Å². The number of carbonyl (C=O) groups is 2. The van der Waals surface area contributed by atoms with Gasteiger partial charge >= 0.3 is 6.09 Å². The van der Waals surface area contributed by atoms with E-state index in [4.69, 9.17) is 9.47 Å². The molecule has 11 nitrogen and oxygen atoms in total. The van der Waals surface area contributed by atoms with Crippen LogP contribution in [0, 0.1) is 0 Å². The lowest BCUT2D eigenvalue weighted by molar-refractivity contribution is 0.0865. The molecule has 11 heteroatoms. The fourth-order valence-electron chi connectivity index (χ4n) is 4.51. The van der Waals surface area contributed by atoms with E-state index in [1.807, 2.05) is 17.9 Å². The Morgan fingerprint density at radius 3 is 2.69 bits per heavy atom. The van der Waals surface area contributed by atoms with E-state index in [-0.39, 0.29) is 36.2 Å². The summed E-state index contributed by atoms with van der Waals surface area (Å²) in [6.45, 7) is 4.96. The normalized spacial score (nSPS) is 18.2. The SMILES string of the molecule is CCOc1nc(N2CCN(C(=O)OC)CC2)ccc1C(=O)NC[C@@H](O)[C@@H]1Cc2ccc(O)cc2CN1. The molecule has 2 atom stereocenters. The first-order valence-electron chi connectivity index (χ1n) is 12.1. The van der Waals surface area contributed by atoms with Gasteiger partial charge in [0.2, 0.25) is 5.88 Å². The molecule has 4 rings (SSSR count). The molecule has 36 heavy (non-hydrogen) atoms. The molecule has 2 amide bonds. The summed E-state index contributed by atoms with van der Waals surface area (Å²) < 4.78 is 10.4. The molecule has 1 saturated heterocycles. The van der Waals surface area contributed by atoms with Gasteiger partial charge in [0.25, 0.3) is 5.91 Å². The monoisotopic (exact) mass is 499 g/mol. The zero-order chi connectivity index (χ0) is 25.7. The molecule has 1 fully saturated rings. The Morgan fingerprint density at radius 2 is 1.97 bits per heavy atom. The molecule has 0 spiro atoms. The summed E-state index contributed by atoms with van der Waals surface area (Å²) in [4.78, 5) is 32.9. The minimum absolute atomic E-state index is 0.0622. The van der Waals surface area contributed by atoms with Gasteiger partial charge in [0, 0.05) is 45.3 Å². The van der Waals surface area contributed by atoms with Crippen LogP contribution in [0.1, 0.15) is 28.4 Å². The summed E-state index contributed by atoms with van der Waals surface area (Å²) >= 11 is 0. The van der Waals surface area contributed by atoms with E-state index >= 15 is 0 Å². The summed E-state index contributed by atoms with van der Waals surface area (Å²) in [5.74, 6) is 0.723. The number of amides is 2. The second-order valence-corrected chi connectivity index (χ2v) is 8.82. The van der Waals surface area contributed by atoms with Gasteiger partial charge in [0.1, 0.15) is 17.1 Å². The lowest BCUT2D eigenvalue weighted by atomic mass is 9.92. The summed E-state index contributed by atoms with van der Waals surface area (Å²) in [5.41, 5.74) is 2.35. The van der Waals surface area contributed by atoms with Crippen molar-refractivity contribution in [3.05, 3.63) is 47.0 Å². The number of ether oxygens (including phenoxy) is 2. The topological polar surface area (TPSA) is 136 Å². The molecule has 0 unspecified atom stereocenters. The number of aliphatic hydroxyl groups excluding tert-OH is 1. The first kappa shape index (κ1) is 25.5. The molecule has 0 saturated carbocycles. The highest BCUT2D eigenvalue weighted by molar-refractivity contribution is 5.96. The standard InChI is InChI=1S/C25H33N5O6/c1-3-36-24-19(6-7-22(28-24)29-8-10-30(11-9-29)25(34)35-2)23(33)27-15-21(32)20-13-16-4-5-18(31)12-17(16)14-26-20/h4-7,12,20-21,26,31-32H,3,8-11,13-15H2,1-2H3,(H,27,33)/t20-,21+/m0/s1. The number of piperazine rings is 1. The van der Waals surface area contributed by atoms with E-state index < -0.39 is 6.10 Å². The predicted octanol–water partition coefficient (Wildman–Crippen LogP) is 0.880. The molecule has 2 aliphatic heterocycles. The van der Waals surface area contributed by atoms with E-state index in [0.29, 0.717) is 57.1 Å². The van der Waals surface area contributed by atoms with Crippen LogP contribution >= 0.6 is 0 Å². The smallest absolute Gasteiger partial charge is 0.409 e. The number of phenolic OH excluding ortho intramolecular Hbond substituents is 1. The Bertz CT molecular complexity index is 1090. The van der Waals surface area contributed by atoms with E-state index in [0.717, 1.165) is 11.1 Å². The van der Waals surface area contributed by atoms with Gasteiger partial charge in [-0.15, -0.1) is 0 Å². The Hall–Kier alpha value is -3.57. The maximum Gasteiger partial charge on any atom is 0.409 e. The summed E-state index contributed by atoms with van der Waals surface area (Å²) in [5, 5.41) is 26.4. The third kappa shape index (κ3) is 5.80. The number of aromatic nitrogens is 1. The number of aliphatic hydroxyl groups is 1. The molecule has 3 heterocycles. The van der Waals surface area contributed by atoms with Crippen LogP contribution in [0.25, 0.3) is 0 Å². The van der Waals surface area contributed by atoms with Crippen LogP contribution in [0.3, 0.4) is 0 Å². The Labute approximate surface area is 210 Å². The number of hydrogen-bond donors (Lipinski definition) is 4. The largest absolute Gasteiger partial charge is 0.508 e. The molecule has 194 valence electrons. The second kappa shape index (κ2) is 11.4. The van der Waals surface area contributed by atoms with Crippen molar-refractivity contribution in [3.8, 4) is 11.6 Å². The predicted molar refractivity (Wildman–Crippen MR) is 132 cm³/mol. The molecule has 0 aliphatic carbocycles. The van der Waals surface area contributed by atoms with E-state index in [1.54, 1.807) is 29.2 Å². The Morgan fingerprint density at radius 1 is 1.19 bits per heavy atom. The third-order valence-corrected chi connectivity index (χ3v) is 6.53. The summed E-state index contributed by atoms with van der Waals surface area (Å²) in [7, 11) is 1.37. The van der Waals surface area contributed by atoms with Crippen molar-refractivity contribution in [2.75, 3.05) is 51.3 Å². The minimum atomic E-state index is -0.801. The molecule has 2 aliphatic rings. The van der Waals surface area contributed by atoms with Crippen LogP contribution in [0.2, 0.25) is 0 Å². The zero-order valence-corrected chi connectivity index (χ0v) is 20.6. The van der Waals surface area contributed by atoms with Gasteiger partial charge in [-0.25, -0.2) is 4.79 Å². The van der Waals surface area contributed by atoms with Crippen LogP contribution in [-0.2, 0) is 17.7 Å². The van der Waals surface area contributed by atoms with Crippen LogP contribution < -0.4 is 20.3 Å². The highest BCUT2D eigenvalue weighted by atomic mass is 16.5. The number of fused-ring (bicyclic) bond motifs is 1. The first-order chi connectivity index (χ1) is 17.4. The average Bonchev–Trinajstić information content (AvgIpc) is 2.91. The molecule has 1 aromatic carbocycles. The minimum Gasteiger partial charge on any atom is -0.508 e. The van der Waals surface area contributed by atoms with Gasteiger partial charge < -0.3 is 40.1 Å². The molecular formula is C25H33N5O6. The molecule has 0 bridgehead atoms. The van der Waals surface area contributed by atoms with Gasteiger partial charge in [-0.05, 0) is 48.7 Å². The first-order valence-corrected chi connectivity index (χ1v) is 12.1. The number of rotatable bonds is 7. The number of pyridine rings is 1. The van der Waals surface area contributed by atoms with Crippen LogP contribution in [0.15, 0.2) is 30.3 Å². The van der Waals surface area contributed by atoms with Crippen molar-refractivity contribution in [1.82, 2.24) is 20.5 Å². The number of nitrogens with zero attached hydrogens (tertiary/aromatic N) is 3. The van der Waals surface area contributed by atoms with Gasteiger partial charge in [0.15, 0.2) is 0 Å². The zero-order valence-electron chi connectivity index (χ0n) is 20.6. The van der Waals surface area contributed by atoms with Crippen molar-refractivity contribution < 1.29 is 29.3 Å². The van der Waals surface area contributed by atoms with Gasteiger partial charge in [0.05, 0.1) is 19.8 Å². The van der Waals surface area contributed by atoms with E-state index in [2.05, 4.69) is 15.6 Å². The van der Waals surface area contributed by atoms with Crippen LogP contribution in [0.4, 0.5) is 10.6 Å². The molecule has 4 N–H and O–H groups in total. The summed E-state index contributed by atoms with van der Waals surface area (Å²) in [6, 6.07) is 8.43. The number of anilines is 1. The number of phenols is 1. The van der Waals surface area contributed by atoms with Crippen molar-refractivity contribution in [2.45, 2.75) is 32.0 Å². The third-order valence-electron chi connectivity index (χ3n) is 6.53. The highest BCUT2D eigenvalue weighted by Crippen LogP contribution is 2.24. The fourth-order valence-corrected chi connectivity index (χ4v) is 4.51. The van der Waals surface area contributed by atoms with E-state index in [9.17, 15) is 19.8 Å². The van der Waals surface area contributed by atoms with Crippen molar-refractivity contribution in [3.63, 3.8) is 0 Å². The lowest BCUT2D eigenvalue weighted by Gasteiger charge is -2.34. The summed E-state index contributed by atoms with van der Waals surface area (Å²) in [6.07, 6.45) is -0.556. The number of hydrogen-bond acceptors (Lipinski definition) is 9. The van der Waals surface area contributed by atoms with Gasteiger partial charge in [-0.3, -0.25) is 4.79 Å². The molecule has 0 radical (unpaired) electrons. The van der Waals surface area contributed by atoms with Crippen LogP contribution in [-0.4, -0.2) is 90.7 Å². The molecule has 2 aromatic rings. The molecular weight excluding hydrogens is 466 g/mol. The van der Waals surface area contributed by atoms with Crippen molar-refractivity contribution >= 4 is 17.8 Å². The number of methoxy groups -OCH3 is 1. The molecule has 1 aromatic heterocycles. The highest BCUT2D eigenvalue weighted by Gasteiger charge is 2.27. The van der Waals surface area contributed by atoms with Gasteiger partial charge in [-0.2, -0.15) is 4.98 Å². The maximum absolute atomic E-state index is 12.9. The number of carbonyl (C=O) groups excluding carboxylic acids is 2. The van der Waals surface area contributed by atoms with Crippen molar-refractivity contribution in [2.24, 2.45) is 0 Å². The lowest BCUT2D eigenvalue weighted by Crippen LogP contribution is -2.49. The number of nitrogens with one attached hydrogen (secondary N) is 2. The fraction of sp³-hybridized carbons (Fsp3) is 0.480. The Kier molecular flexibility index (Phi) is 8.11. The van der Waals surface area contributed by atoms with E-state index in [1.165, 1.54) is 7.11 Å². The Balaban J connectivity index is 1.36.